The van der Waals surface area contributed by atoms with Crippen molar-refractivity contribution in [2.75, 3.05) is 47.5 Å². The summed E-state index contributed by atoms with van der Waals surface area (Å²) in [4.78, 5) is 37.5. The molecular weight excluding hydrogens is 1100 g/mol. The number of ether oxygens (including phenoxy) is 4. The van der Waals surface area contributed by atoms with Gasteiger partial charge in [-0.2, -0.15) is 0 Å². The Hall–Kier alpha value is -5.09. The van der Waals surface area contributed by atoms with Crippen LogP contribution >= 0.6 is 0 Å². The molecule has 89 heavy (non-hydrogen) atoms. The largest absolute Gasteiger partial charge is 0.545 e. The highest BCUT2D eigenvalue weighted by Gasteiger charge is 2.22. The predicted octanol–water partition coefficient (Wildman–Crippen LogP) is 21.1. The molecule has 0 aromatic rings. The lowest BCUT2D eigenvalue weighted by Gasteiger charge is -2.26. The minimum absolute atomic E-state index is 0.137. The molecule has 0 fully saturated rings. The summed E-state index contributed by atoms with van der Waals surface area (Å²) in [5.74, 6) is -2.31. The molecule has 0 aromatic heterocycles. The number of carboxylic acids is 1. The Bertz CT molecular complexity index is 2020. The standard InChI is InChI=1S/C80H131NO8/c1-6-8-10-12-14-16-18-20-22-24-26-28-30-32-34-36-38-39-41-42-44-46-48-50-52-54-56-58-60-62-64-66-68-70-77(82)87-74-76(75-88-80(79(84)85)86-73-72-81(3,4)5)89-78(83)71-69-67-65-63-61-59-57-55-53-51-49-47-45-43-40-37-35-33-31-29-27-25-23-21-19-17-15-13-11-9-7-2/h8-11,14-17,20-23,26-29,32-35,40,43,47,49,53,55,76,80H,6-7,12-13,18-19,24-25,30-31,36-39,41-42,44-46,48,50-52,54,56-75H2,1-5H3/b10-8-,11-9-,16-14-,17-15-,22-20-,23-21-,28-26-,29-27-,34-32-,35-33-,43-40-,49-47-,55-53-. The first-order valence-corrected chi connectivity index (χ1v) is 35.6. The van der Waals surface area contributed by atoms with E-state index in [1.165, 1.54) is 96.3 Å². The van der Waals surface area contributed by atoms with Gasteiger partial charge >= 0.3 is 11.9 Å². The molecule has 0 saturated carbocycles. The Kier molecular flexibility index (Phi) is 64.9. The highest BCUT2D eigenvalue weighted by Crippen LogP contribution is 2.16. The van der Waals surface area contributed by atoms with Crippen LogP contribution in [0.1, 0.15) is 271 Å². The second kappa shape index (κ2) is 68.8. The van der Waals surface area contributed by atoms with Gasteiger partial charge in [-0.05, 0) is 122 Å². The van der Waals surface area contributed by atoms with Crippen molar-refractivity contribution in [3.63, 3.8) is 0 Å². The van der Waals surface area contributed by atoms with Crippen LogP contribution in [0.15, 0.2) is 158 Å². The van der Waals surface area contributed by atoms with Crippen molar-refractivity contribution in [1.82, 2.24) is 0 Å². The van der Waals surface area contributed by atoms with E-state index < -0.39 is 24.3 Å². The maximum Gasteiger partial charge on any atom is 0.306 e. The SMILES string of the molecule is CC/C=C\C/C=C\C/C=C\C/C=C\C/C=C\C/C=C\C/C=C\C/C=C\CCCCCCCCC(=O)OC(COC(=O)CCCCCCCCCCCCCCCCCCC/C=C\C/C=C\C/C=C\C/C=C\C/C=C\CC)COC(OCC[N+](C)(C)C)C(=O)[O-]. The smallest absolute Gasteiger partial charge is 0.306 e. The van der Waals surface area contributed by atoms with E-state index in [0.29, 0.717) is 17.4 Å². The Morgan fingerprint density at radius 3 is 0.899 bits per heavy atom. The average Bonchev–Trinajstić information content (AvgIpc) is 3.64. The molecule has 0 amide bonds. The maximum absolute atomic E-state index is 12.9. The zero-order valence-corrected chi connectivity index (χ0v) is 57.5. The molecule has 0 aliphatic carbocycles. The third kappa shape index (κ3) is 70.2. The van der Waals surface area contributed by atoms with Crippen LogP contribution in [0.2, 0.25) is 0 Å². The van der Waals surface area contributed by atoms with Gasteiger partial charge in [0.2, 0.25) is 0 Å². The average molecular weight is 1230 g/mol. The summed E-state index contributed by atoms with van der Waals surface area (Å²) in [5.41, 5.74) is 0. The van der Waals surface area contributed by atoms with E-state index >= 15 is 0 Å². The summed E-state index contributed by atoms with van der Waals surface area (Å²) >= 11 is 0. The van der Waals surface area contributed by atoms with Crippen LogP contribution < -0.4 is 5.11 Å². The van der Waals surface area contributed by atoms with E-state index in [4.69, 9.17) is 18.9 Å². The lowest BCUT2D eigenvalue weighted by Crippen LogP contribution is -2.44. The van der Waals surface area contributed by atoms with Crippen LogP contribution in [-0.4, -0.2) is 82.3 Å². The van der Waals surface area contributed by atoms with Gasteiger partial charge in [0.25, 0.3) is 0 Å². The summed E-state index contributed by atoms with van der Waals surface area (Å²) in [7, 11) is 5.92. The second-order valence-corrected chi connectivity index (χ2v) is 24.4. The summed E-state index contributed by atoms with van der Waals surface area (Å²) in [6.45, 7) is 4.50. The summed E-state index contributed by atoms with van der Waals surface area (Å²) < 4.78 is 22.8. The maximum atomic E-state index is 12.9. The number of hydrogen-bond donors (Lipinski definition) is 0. The molecule has 9 nitrogen and oxygen atoms in total. The topological polar surface area (TPSA) is 111 Å². The number of esters is 2. The van der Waals surface area contributed by atoms with Gasteiger partial charge < -0.3 is 33.3 Å². The van der Waals surface area contributed by atoms with Gasteiger partial charge in [0.15, 0.2) is 12.4 Å². The van der Waals surface area contributed by atoms with Crippen LogP contribution in [-0.2, 0) is 33.3 Å². The number of carboxylic acid groups (broad SMARTS) is 1. The van der Waals surface area contributed by atoms with E-state index in [1.54, 1.807) is 0 Å². The summed E-state index contributed by atoms with van der Waals surface area (Å²) in [5, 5.41) is 11.8. The molecule has 504 valence electrons. The van der Waals surface area contributed by atoms with Crippen LogP contribution in [0, 0.1) is 0 Å². The number of unbranched alkanes of at least 4 members (excludes halogenated alkanes) is 23. The first-order chi connectivity index (χ1) is 43.6. The quantitative estimate of drug-likeness (QED) is 0.0195. The zero-order chi connectivity index (χ0) is 64.7. The molecule has 0 bridgehead atoms. The van der Waals surface area contributed by atoms with E-state index in [-0.39, 0.29) is 38.6 Å². The Balaban J connectivity index is 4.17. The number of carbonyl (C=O) groups excluding carboxylic acids is 3. The molecule has 9 heteroatoms. The van der Waals surface area contributed by atoms with Crippen LogP contribution in [0.4, 0.5) is 0 Å². The Morgan fingerprint density at radius 1 is 0.337 bits per heavy atom. The molecule has 0 N–H and O–H groups in total. The van der Waals surface area contributed by atoms with Crippen molar-refractivity contribution in [3.05, 3.63) is 158 Å². The second-order valence-electron chi connectivity index (χ2n) is 24.4. The third-order valence-electron chi connectivity index (χ3n) is 14.8. The predicted molar refractivity (Wildman–Crippen MR) is 379 cm³/mol. The fourth-order valence-corrected chi connectivity index (χ4v) is 9.40. The molecule has 2 atom stereocenters. The normalized spacial score (nSPS) is 13.7. The highest BCUT2D eigenvalue weighted by molar-refractivity contribution is 5.70. The minimum Gasteiger partial charge on any atom is -0.545 e. The molecule has 0 saturated heterocycles. The molecule has 0 rings (SSSR count). The van der Waals surface area contributed by atoms with Crippen molar-refractivity contribution in [2.24, 2.45) is 0 Å². The zero-order valence-electron chi connectivity index (χ0n) is 57.5. The summed E-state index contributed by atoms with van der Waals surface area (Å²) in [6.07, 6.45) is 98.9. The number of hydrogen-bond acceptors (Lipinski definition) is 8. The lowest BCUT2D eigenvalue weighted by molar-refractivity contribution is -0.870. The van der Waals surface area contributed by atoms with Gasteiger partial charge in [-0.25, -0.2) is 0 Å². The Labute approximate surface area is 546 Å². The lowest BCUT2D eigenvalue weighted by atomic mass is 10.0. The van der Waals surface area contributed by atoms with Gasteiger partial charge in [0, 0.05) is 12.8 Å². The molecule has 0 radical (unpaired) electrons. The van der Waals surface area contributed by atoms with Gasteiger partial charge in [-0.1, -0.05) is 294 Å². The van der Waals surface area contributed by atoms with E-state index in [2.05, 4.69) is 172 Å². The number of rotatable bonds is 64. The van der Waals surface area contributed by atoms with Crippen molar-refractivity contribution < 1.29 is 42.9 Å². The number of carbonyl (C=O) groups is 3. The van der Waals surface area contributed by atoms with Crippen molar-refractivity contribution in [3.8, 4) is 0 Å². The minimum atomic E-state index is -1.64. The number of quaternary nitrogens is 1. The van der Waals surface area contributed by atoms with Crippen LogP contribution in [0.5, 0.6) is 0 Å². The van der Waals surface area contributed by atoms with E-state index in [1.807, 2.05) is 21.1 Å². The van der Waals surface area contributed by atoms with Crippen LogP contribution in [0.3, 0.4) is 0 Å². The number of nitrogens with zero attached hydrogens (tertiary/aromatic N) is 1. The first kappa shape index (κ1) is 83.9. The molecule has 0 aliphatic heterocycles. The van der Waals surface area contributed by atoms with Crippen molar-refractivity contribution in [1.29, 1.82) is 0 Å². The molecule has 0 aliphatic rings. The monoisotopic (exact) mass is 1230 g/mol. The number of aliphatic carboxylic acids is 1. The highest BCUT2D eigenvalue weighted by atomic mass is 16.7. The van der Waals surface area contributed by atoms with Crippen LogP contribution in [0.25, 0.3) is 0 Å². The molecule has 2 unspecified atom stereocenters. The molecule has 0 heterocycles. The van der Waals surface area contributed by atoms with Gasteiger partial charge in [-0.15, -0.1) is 0 Å². The molecular formula is C80H131NO8. The number of likely N-dealkylation sites (N-methyl/N-ethyl adjacent to an activating group) is 1. The van der Waals surface area contributed by atoms with E-state index in [9.17, 15) is 19.5 Å². The van der Waals surface area contributed by atoms with E-state index in [0.717, 1.165) is 141 Å². The third-order valence-corrected chi connectivity index (χ3v) is 14.8. The van der Waals surface area contributed by atoms with Gasteiger partial charge in [0.1, 0.15) is 13.2 Å². The molecule has 0 spiro atoms. The number of allylic oxidation sites excluding steroid dienone is 26. The summed E-state index contributed by atoms with van der Waals surface area (Å²) in [6, 6.07) is 0. The first-order valence-electron chi connectivity index (χ1n) is 35.6. The van der Waals surface area contributed by atoms with Crippen molar-refractivity contribution >= 4 is 17.9 Å². The fourth-order valence-electron chi connectivity index (χ4n) is 9.40. The van der Waals surface area contributed by atoms with Crippen molar-refractivity contribution in [2.45, 2.75) is 283 Å². The Morgan fingerprint density at radius 2 is 0.607 bits per heavy atom. The fraction of sp³-hybridized carbons (Fsp3) is 0.637. The molecule has 0 aromatic carbocycles. The van der Waals surface area contributed by atoms with Gasteiger partial charge in [-0.3, -0.25) is 9.59 Å². The van der Waals surface area contributed by atoms with Gasteiger partial charge in [0.05, 0.1) is 40.3 Å².